The number of methoxy groups -OCH3 is 1. The minimum atomic E-state index is -4.43. The standard InChI is InChI=1S/C33H33F3N2O3/c1-3-4-5-10-30(40)38-28-9-7-6-8-26(28)37-27-19-23(21-11-15-24(16-12-21)33(34,35)36)20-29(39)31(27)32(38)22-13-17-25(41-2)18-14-22/h6-9,11-18,23,32,37H,3-5,10,19-20H2,1-2H3. The van der Waals surface area contributed by atoms with E-state index in [1.165, 1.54) is 12.1 Å². The van der Waals surface area contributed by atoms with Crippen LogP contribution in [-0.4, -0.2) is 18.8 Å². The quantitative estimate of drug-likeness (QED) is 0.295. The summed E-state index contributed by atoms with van der Waals surface area (Å²) in [7, 11) is 1.58. The Morgan fingerprint density at radius 3 is 2.29 bits per heavy atom. The van der Waals surface area contributed by atoms with Gasteiger partial charge < -0.3 is 10.1 Å². The van der Waals surface area contributed by atoms with E-state index in [0.29, 0.717) is 46.8 Å². The van der Waals surface area contributed by atoms with E-state index in [1.807, 2.05) is 48.5 Å². The zero-order valence-electron chi connectivity index (χ0n) is 23.1. The van der Waals surface area contributed by atoms with Gasteiger partial charge >= 0.3 is 6.18 Å². The van der Waals surface area contributed by atoms with Gasteiger partial charge in [-0.3, -0.25) is 14.5 Å². The minimum Gasteiger partial charge on any atom is -0.497 e. The molecule has 0 radical (unpaired) electrons. The summed E-state index contributed by atoms with van der Waals surface area (Å²) in [6, 6.07) is 19.3. The summed E-state index contributed by atoms with van der Waals surface area (Å²) < 4.78 is 44.9. The largest absolute Gasteiger partial charge is 0.497 e. The Hall–Kier alpha value is -4.07. The average molecular weight is 563 g/mol. The van der Waals surface area contributed by atoms with Gasteiger partial charge in [0.05, 0.1) is 30.1 Å². The molecular weight excluding hydrogens is 529 g/mol. The lowest BCUT2D eigenvalue weighted by Crippen LogP contribution is -2.38. The van der Waals surface area contributed by atoms with Crippen molar-refractivity contribution in [3.8, 4) is 5.75 Å². The number of allylic oxidation sites excluding steroid dienone is 1. The van der Waals surface area contributed by atoms with Crippen LogP contribution in [0.2, 0.25) is 0 Å². The number of benzene rings is 3. The first-order valence-corrected chi connectivity index (χ1v) is 14.0. The van der Waals surface area contributed by atoms with Gasteiger partial charge in [0.2, 0.25) is 5.91 Å². The molecule has 1 heterocycles. The van der Waals surface area contributed by atoms with Gasteiger partial charge in [-0.25, -0.2) is 0 Å². The van der Waals surface area contributed by atoms with Gasteiger partial charge in [-0.2, -0.15) is 13.2 Å². The number of nitrogens with one attached hydrogen (secondary N) is 1. The minimum absolute atomic E-state index is 0.0695. The van der Waals surface area contributed by atoms with E-state index < -0.39 is 17.8 Å². The van der Waals surface area contributed by atoms with E-state index in [0.717, 1.165) is 37.0 Å². The van der Waals surface area contributed by atoms with Crippen molar-refractivity contribution in [1.29, 1.82) is 0 Å². The lowest BCUT2D eigenvalue weighted by molar-refractivity contribution is -0.137. The maximum Gasteiger partial charge on any atom is 0.416 e. The molecule has 0 aromatic heterocycles. The predicted octanol–water partition coefficient (Wildman–Crippen LogP) is 8.19. The topological polar surface area (TPSA) is 58.6 Å². The van der Waals surface area contributed by atoms with Crippen molar-refractivity contribution < 1.29 is 27.5 Å². The molecule has 0 spiro atoms. The Labute approximate surface area is 238 Å². The van der Waals surface area contributed by atoms with Crippen LogP contribution in [0, 0.1) is 0 Å². The second-order valence-electron chi connectivity index (χ2n) is 10.6. The number of halogens is 3. The molecular formula is C33H33F3N2O3. The fraction of sp³-hybridized carbons (Fsp3) is 0.333. The number of nitrogens with zero attached hydrogens (tertiary/aromatic N) is 1. The van der Waals surface area contributed by atoms with Crippen molar-refractivity contribution >= 4 is 23.1 Å². The van der Waals surface area contributed by atoms with Crippen LogP contribution in [0.3, 0.4) is 0 Å². The third-order valence-electron chi connectivity index (χ3n) is 7.89. The number of fused-ring (bicyclic) bond motifs is 1. The third kappa shape index (κ3) is 5.87. The number of alkyl halides is 3. The molecule has 8 heteroatoms. The van der Waals surface area contributed by atoms with Gasteiger partial charge in [0, 0.05) is 24.1 Å². The molecule has 0 bridgehead atoms. The van der Waals surface area contributed by atoms with Crippen molar-refractivity contribution in [2.24, 2.45) is 0 Å². The molecule has 1 amide bonds. The normalized spacial score (nSPS) is 18.8. The van der Waals surface area contributed by atoms with E-state index >= 15 is 0 Å². The Bertz CT molecular complexity index is 1450. The van der Waals surface area contributed by atoms with Gasteiger partial charge in [-0.15, -0.1) is 0 Å². The molecule has 3 aromatic rings. The SMILES string of the molecule is CCCCCC(=O)N1c2ccccc2NC2=C(C(=O)CC(c3ccc(C(F)(F)F)cc3)C2)C1c1ccc(OC)cc1. The molecule has 214 valence electrons. The molecule has 0 saturated heterocycles. The van der Waals surface area contributed by atoms with E-state index in [4.69, 9.17) is 4.74 Å². The molecule has 1 aliphatic carbocycles. The zero-order chi connectivity index (χ0) is 29.1. The first-order valence-electron chi connectivity index (χ1n) is 14.0. The van der Waals surface area contributed by atoms with E-state index in [1.54, 1.807) is 12.0 Å². The van der Waals surface area contributed by atoms with Crippen LogP contribution >= 0.6 is 0 Å². The molecule has 5 rings (SSSR count). The Balaban J connectivity index is 1.61. The van der Waals surface area contributed by atoms with Crippen molar-refractivity contribution in [2.45, 2.75) is 63.6 Å². The summed E-state index contributed by atoms with van der Waals surface area (Å²) in [5, 5.41) is 3.46. The van der Waals surface area contributed by atoms with Gasteiger partial charge in [0.15, 0.2) is 5.78 Å². The number of ketones is 1. The van der Waals surface area contributed by atoms with E-state index in [2.05, 4.69) is 12.2 Å². The van der Waals surface area contributed by atoms with E-state index in [-0.39, 0.29) is 24.0 Å². The Morgan fingerprint density at radius 1 is 0.951 bits per heavy atom. The molecule has 2 unspecified atom stereocenters. The fourth-order valence-corrected chi connectivity index (χ4v) is 5.79. The molecule has 41 heavy (non-hydrogen) atoms. The highest BCUT2D eigenvalue weighted by molar-refractivity contribution is 6.06. The number of carbonyl (C=O) groups excluding carboxylic acids is 2. The molecule has 1 aliphatic heterocycles. The monoisotopic (exact) mass is 562 g/mol. The molecule has 3 aromatic carbocycles. The van der Waals surface area contributed by atoms with Crippen LogP contribution in [0.15, 0.2) is 84.1 Å². The highest BCUT2D eigenvalue weighted by Gasteiger charge is 2.41. The fourth-order valence-electron chi connectivity index (χ4n) is 5.79. The second kappa shape index (κ2) is 11.8. The first kappa shape index (κ1) is 28.5. The number of para-hydroxylation sites is 2. The predicted molar refractivity (Wildman–Crippen MR) is 153 cm³/mol. The van der Waals surface area contributed by atoms with Gasteiger partial charge in [-0.05, 0) is 66.3 Å². The zero-order valence-corrected chi connectivity index (χ0v) is 23.1. The van der Waals surface area contributed by atoms with Crippen LogP contribution in [0.4, 0.5) is 24.5 Å². The van der Waals surface area contributed by atoms with Crippen molar-refractivity contribution in [2.75, 3.05) is 17.3 Å². The summed E-state index contributed by atoms with van der Waals surface area (Å²) in [4.78, 5) is 29.7. The van der Waals surface area contributed by atoms with Crippen LogP contribution < -0.4 is 15.0 Å². The summed E-state index contributed by atoms with van der Waals surface area (Å²) in [6.07, 6.45) is -0.882. The number of amides is 1. The van der Waals surface area contributed by atoms with Crippen LogP contribution in [-0.2, 0) is 15.8 Å². The van der Waals surface area contributed by atoms with Crippen molar-refractivity contribution in [3.63, 3.8) is 0 Å². The number of hydrogen-bond acceptors (Lipinski definition) is 4. The van der Waals surface area contributed by atoms with Crippen molar-refractivity contribution in [3.05, 3.63) is 101 Å². The summed E-state index contributed by atoms with van der Waals surface area (Å²) >= 11 is 0. The Morgan fingerprint density at radius 2 is 1.63 bits per heavy atom. The summed E-state index contributed by atoms with van der Waals surface area (Å²) in [6.45, 7) is 2.08. The number of hydrogen-bond donors (Lipinski definition) is 1. The highest BCUT2D eigenvalue weighted by Crippen LogP contribution is 2.48. The highest BCUT2D eigenvalue weighted by atomic mass is 19.4. The second-order valence-corrected chi connectivity index (χ2v) is 10.6. The smallest absolute Gasteiger partial charge is 0.416 e. The lowest BCUT2D eigenvalue weighted by Gasteiger charge is -2.35. The molecule has 1 N–H and O–H groups in total. The summed E-state index contributed by atoms with van der Waals surface area (Å²) in [5.74, 6) is 0.156. The van der Waals surface area contributed by atoms with Gasteiger partial charge in [0.1, 0.15) is 5.75 Å². The number of carbonyl (C=O) groups is 2. The van der Waals surface area contributed by atoms with Crippen LogP contribution in [0.5, 0.6) is 5.75 Å². The Kier molecular flexibility index (Phi) is 8.20. The van der Waals surface area contributed by atoms with Crippen LogP contribution in [0.25, 0.3) is 0 Å². The first-order chi connectivity index (χ1) is 19.7. The van der Waals surface area contributed by atoms with Crippen LogP contribution in [0.1, 0.15) is 74.1 Å². The summed E-state index contributed by atoms with van der Waals surface area (Å²) in [5.41, 5.74) is 3.32. The number of ether oxygens (including phenoxy) is 1. The average Bonchev–Trinajstić information content (AvgIpc) is 3.11. The van der Waals surface area contributed by atoms with E-state index in [9.17, 15) is 22.8 Å². The maximum absolute atomic E-state index is 14.0. The number of unbranched alkanes of at least 4 members (excludes halogenated alkanes) is 2. The van der Waals surface area contributed by atoms with Crippen molar-refractivity contribution in [1.82, 2.24) is 0 Å². The molecule has 0 fully saturated rings. The molecule has 2 aliphatic rings. The molecule has 5 nitrogen and oxygen atoms in total. The number of rotatable bonds is 7. The number of Topliss-reactive ketones (excluding diaryl/α,β-unsaturated/α-hetero) is 1. The number of anilines is 2. The van der Waals surface area contributed by atoms with Gasteiger partial charge in [-0.1, -0.05) is 56.2 Å². The molecule has 2 atom stereocenters. The third-order valence-corrected chi connectivity index (χ3v) is 7.89. The molecule has 0 saturated carbocycles. The lowest BCUT2D eigenvalue weighted by atomic mass is 9.78. The maximum atomic E-state index is 14.0. The van der Waals surface area contributed by atoms with Gasteiger partial charge in [0.25, 0.3) is 0 Å².